The Morgan fingerprint density at radius 3 is 2.57 bits per heavy atom. The largest absolute Gasteiger partial charge is 0.393 e. The molecule has 115 valence electrons. The number of aliphatic hydroxyl groups is 1. The molecule has 0 amide bonds. The highest BCUT2D eigenvalue weighted by Crippen LogP contribution is 2.25. The van der Waals surface area contributed by atoms with E-state index in [0.717, 1.165) is 57.5 Å². The van der Waals surface area contributed by atoms with Crippen LogP contribution in [0, 0.1) is 6.07 Å². The number of piperazine rings is 1. The van der Waals surface area contributed by atoms with E-state index in [-0.39, 0.29) is 6.10 Å². The summed E-state index contributed by atoms with van der Waals surface area (Å²) in [5, 5.41) is 13.2. The molecule has 0 spiro atoms. The second kappa shape index (κ2) is 6.67. The molecule has 0 atom stereocenters. The van der Waals surface area contributed by atoms with Gasteiger partial charge < -0.3 is 20.2 Å². The van der Waals surface area contributed by atoms with Gasteiger partial charge in [0.15, 0.2) is 0 Å². The van der Waals surface area contributed by atoms with Gasteiger partial charge in [0.2, 0.25) is 0 Å². The zero-order valence-electron chi connectivity index (χ0n) is 12.9. The van der Waals surface area contributed by atoms with Crippen molar-refractivity contribution in [1.82, 2.24) is 4.90 Å². The Morgan fingerprint density at radius 2 is 1.86 bits per heavy atom. The molecule has 1 aromatic rings. The van der Waals surface area contributed by atoms with Crippen LogP contribution in [0.2, 0.25) is 0 Å². The number of hydrogen-bond donors (Lipinski definition) is 2. The van der Waals surface area contributed by atoms with Crippen LogP contribution in [-0.4, -0.2) is 55.4 Å². The van der Waals surface area contributed by atoms with E-state index in [1.54, 1.807) is 0 Å². The molecule has 1 radical (unpaired) electrons. The van der Waals surface area contributed by atoms with Crippen LogP contribution in [0.25, 0.3) is 0 Å². The first-order valence-corrected chi connectivity index (χ1v) is 8.10. The van der Waals surface area contributed by atoms with Crippen molar-refractivity contribution >= 4 is 11.4 Å². The predicted octanol–water partition coefficient (Wildman–Crippen LogP) is 1.95. The molecule has 0 aromatic heterocycles. The molecular weight excluding hydrogens is 262 g/mol. The Kier molecular flexibility index (Phi) is 4.66. The van der Waals surface area contributed by atoms with Crippen LogP contribution in [0.4, 0.5) is 11.4 Å². The van der Waals surface area contributed by atoms with E-state index in [4.69, 9.17) is 0 Å². The van der Waals surface area contributed by atoms with Gasteiger partial charge in [-0.25, -0.2) is 0 Å². The molecule has 2 N–H and O–H groups in total. The van der Waals surface area contributed by atoms with Crippen molar-refractivity contribution < 1.29 is 5.11 Å². The van der Waals surface area contributed by atoms with Crippen LogP contribution in [0.5, 0.6) is 0 Å². The Balaban J connectivity index is 1.60. The number of likely N-dealkylation sites (N-methyl/N-ethyl adjacent to an activating group) is 1. The van der Waals surface area contributed by atoms with Crippen LogP contribution in [0.1, 0.15) is 25.7 Å². The number of benzene rings is 1. The first-order chi connectivity index (χ1) is 10.2. The fraction of sp³-hybridized carbons (Fsp3) is 0.647. The fourth-order valence-corrected chi connectivity index (χ4v) is 3.24. The molecular formula is C17H26N3O. The van der Waals surface area contributed by atoms with Crippen molar-refractivity contribution in [2.75, 3.05) is 43.4 Å². The standard InChI is InChI=1S/C17H26N3O/c1-19-9-11-20(12-10-19)16-4-2-3-15(13-16)18-14-5-7-17(21)8-6-14/h2,4,13-14,17-18,21H,5-12H2,1H3. The number of aliphatic hydroxyl groups excluding tert-OH is 1. The Labute approximate surface area is 127 Å². The lowest BCUT2D eigenvalue weighted by atomic mass is 9.93. The number of nitrogens with one attached hydrogen (secondary N) is 1. The molecule has 1 saturated carbocycles. The lowest BCUT2D eigenvalue weighted by Crippen LogP contribution is -2.44. The summed E-state index contributed by atoms with van der Waals surface area (Å²) in [6.45, 7) is 4.44. The second-order valence-corrected chi connectivity index (χ2v) is 6.40. The van der Waals surface area contributed by atoms with Gasteiger partial charge in [-0.3, -0.25) is 0 Å². The molecule has 1 saturated heterocycles. The highest BCUT2D eigenvalue weighted by molar-refractivity contribution is 5.58. The molecule has 2 aliphatic rings. The number of hydrogen-bond acceptors (Lipinski definition) is 4. The van der Waals surface area contributed by atoms with Crippen molar-refractivity contribution in [2.45, 2.75) is 37.8 Å². The molecule has 1 aromatic carbocycles. The number of nitrogens with zero attached hydrogens (tertiary/aromatic N) is 2. The Hall–Kier alpha value is -1.26. The maximum atomic E-state index is 9.58. The highest BCUT2D eigenvalue weighted by atomic mass is 16.3. The normalized spacial score (nSPS) is 27.6. The van der Waals surface area contributed by atoms with Gasteiger partial charge in [-0.15, -0.1) is 0 Å². The van der Waals surface area contributed by atoms with Gasteiger partial charge in [0.25, 0.3) is 0 Å². The van der Waals surface area contributed by atoms with E-state index in [0.29, 0.717) is 6.04 Å². The van der Waals surface area contributed by atoms with E-state index in [9.17, 15) is 5.11 Å². The molecule has 0 bridgehead atoms. The zero-order valence-corrected chi connectivity index (χ0v) is 12.9. The molecule has 0 unspecified atom stereocenters. The summed E-state index contributed by atoms with van der Waals surface area (Å²) in [4.78, 5) is 4.82. The van der Waals surface area contributed by atoms with Crippen LogP contribution in [0.15, 0.2) is 18.2 Å². The lowest BCUT2D eigenvalue weighted by molar-refractivity contribution is 0.126. The minimum Gasteiger partial charge on any atom is -0.393 e. The maximum absolute atomic E-state index is 9.58. The first-order valence-electron chi connectivity index (χ1n) is 8.10. The number of anilines is 2. The van der Waals surface area contributed by atoms with Crippen molar-refractivity contribution in [1.29, 1.82) is 0 Å². The minimum atomic E-state index is -0.0938. The predicted molar refractivity (Wildman–Crippen MR) is 86.9 cm³/mol. The monoisotopic (exact) mass is 288 g/mol. The molecule has 3 rings (SSSR count). The van der Waals surface area contributed by atoms with E-state index in [1.165, 1.54) is 5.69 Å². The van der Waals surface area contributed by atoms with Crippen LogP contribution >= 0.6 is 0 Å². The van der Waals surface area contributed by atoms with Crippen LogP contribution in [-0.2, 0) is 0 Å². The molecule has 4 nitrogen and oxygen atoms in total. The molecule has 1 aliphatic heterocycles. The number of rotatable bonds is 3. The quantitative estimate of drug-likeness (QED) is 0.892. The van der Waals surface area contributed by atoms with Crippen LogP contribution in [0.3, 0.4) is 0 Å². The molecule has 1 aliphatic carbocycles. The summed E-state index contributed by atoms with van der Waals surface area (Å²) in [6, 6.07) is 10.2. The van der Waals surface area contributed by atoms with Crippen LogP contribution < -0.4 is 10.2 Å². The third kappa shape index (κ3) is 3.89. The summed E-state index contributed by atoms with van der Waals surface area (Å²) in [5.74, 6) is 0. The lowest BCUT2D eigenvalue weighted by Gasteiger charge is -2.34. The summed E-state index contributed by atoms with van der Waals surface area (Å²) in [6.07, 6.45) is 3.83. The van der Waals surface area contributed by atoms with Gasteiger partial charge in [-0.05, 0) is 44.9 Å². The summed E-state index contributed by atoms with van der Waals surface area (Å²) < 4.78 is 0. The second-order valence-electron chi connectivity index (χ2n) is 6.40. The first kappa shape index (κ1) is 14.7. The average molecular weight is 288 g/mol. The SMILES string of the molecule is CN1CCN(c2cc[c]c(NC3CCC(O)CC3)c2)CC1. The topological polar surface area (TPSA) is 38.7 Å². The van der Waals surface area contributed by atoms with Gasteiger partial charge >= 0.3 is 0 Å². The molecule has 2 fully saturated rings. The van der Waals surface area contributed by atoms with Gasteiger partial charge in [0.05, 0.1) is 6.10 Å². The summed E-state index contributed by atoms with van der Waals surface area (Å²) >= 11 is 0. The molecule has 21 heavy (non-hydrogen) atoms. The van der Waals surface area contributed by atoms with E-state index in [2.05, 4.69) is 40.4 Å². The van der Waals surface area contributed by atoms with Gasteiger partial charge in [0, 0.05) is 49.7 Å². The average Bonchev–Trinajstić information content (AvgIpc) is 2.51. The van der Waals surface area contributed by atoms with Gasteiger partial charge in [0.1, 0.15) is 0 Å². The third-order valence-corrected chi connectivity index (χ3v) is 4.71. The minimum absolute atomic E-state index is 0.0938. The van der Waals surface area contributed by atoms with E-state index < -0.39 is 0 Å². The molecule has 1 heterocycles. The van der Waals surface area contributed by atoms with E-state index in [1.807, 2.05) is 6.07 Å². The zero-order chi connectivity index (χ0) is 14.7. The summed E-state index contributed by atoms with van der Waals surface area (Å²) in [7, 11) is 2.18. The smallest absolute Gasteiger partial charge is 0.0541 e. The van der Waals surface area contributed by atoms with Crippen molar-refractivity contribution in [3.8, 4) is 0 Å². The molecule has 4 heteroatoms. The summed E-state index contributed by atoms with van der Waals surface area (Å²) in [5.41, 5.74) is 2.38. The maximum Gasteiger partial charge on any atom is 0.0541 e. The third-order valence-electron chi connectivity index (χ3n) is 4.71. The van der Waals surface area contributed by atoms with E-state index >= 15 is 0 Å². The fourth-order valence-electron chi connectivity index (χ4n) is 3.24. The van der Waals surface area contributed by atoms with Crippen molar-refractivity contribution in [3.63, 3.8) is 0 Å². The highest BCUT2D eigenvalue weighted by Gasteiger charge is 2.19. The Bertz CT molecular complexity index is 449. The van der Waals surface area contributed by atoms with Crippen molar-refractivity contribution in [2.24, 2.45) is 0 Å². The van der Waals surface area contributed by atoms with Gasteiger partial charge in [-0.2, -0.15) is 0 Å². The van der Waals surface area contributed by atoms with Crippen molar-refractivity contribution in [3.05, 3.63) is 24.3 Å². The van der Waals surface area contributed by atoms with Gasteiger partial charge in [-0.1, -0.05) is 6.07 Å². The Morgan fingerprint density at radius 1 is 1.14 bits per heavy atom.